The number of para-hydroxylation sites is 2. The maximum Gasteiger partial charge on any atom is 0.337 e. The van der Waals surface area contributed by atoms with Gasteiger partial charge in [0, 0.05) is 15.8 Å². The highest BCUT2D eigenvalue weighted by Crippen LogP contribution is 2.32. The molecule has 0 saturated carbocycles. The lowest BCUT2D eigenvalue weighted by molar-refractivity contribution is 0.0697. The molecule has 140 valence electrons. The lowest BCUT2D eigenvalue weighted by Crippen LogP contribution is -2.08. The number of ketones is 1. The summed E-state index contributed by atoms with van der Waals surface area (Å²) in [5.41, 5.74) is 1.88. The Morgan fingerprint density at radius 1 is 1.21 bits per heavy atom. The van der Waals surface area contributed by atoms with Gasteiger partial charge in [0.2, 0.25) is 11.7 Å². The van der Waals surface area contributed by atoms with E-state index in [0.717, 1.165) is 0 Å². The third-order valence-corrected chi connectivity index (χ3v) is 5.03. The second-order valence-corrected chi connectivity index (χ2v) is 6.75. The molecule has 0 atom stereocenters. The Bertz CT molecular complexity index is 1150. The fourth-order valence-corrected chi connectivity index (χ4v) is 3.75. The van der Waals surface area contributed by atoms with Gasteiger partial charge in [0.15, 0.2) is 5.58 Å². The van der Waals surface area contributed by atoms with Gasteiger partial charge < -0.3 is 14.3 Å². The number of aromatic nitrogens is 3. The number of Topliss-reactive ketones (excluding diaryl/α,β-unsaturated/α-hetero) is 1. The van der Waals surface area contributed by atoms with Gasteiger partial charge in [-0.05, 0) is 12.1 Å². The third-order valence-electron chi connectivity index (χ3n) is 4.05. The largest absolute Gasteiger partial charge is 0.480 e. The van der Waals surface area contributed by atoms with E-state index in [1.165, 1.54) is 30.8 Å². The zero-order chi connectivity index (χ0) is 19.7. The molecule has 0 bridgehead atoms. The van der Waals surface area contributed by atoms with Crippen molar-refractivity contribution in [2.75, 3.05) is 7.11 Å². The third kappa shape index (κ3) is 3.23. The fourth-order valence-electron chi connectivity index (χ4n) is 2.72. The molecule has 9 heteroatoms. The first-order chi connectivity index (χ1) is 13.6. The van der Waals surface area contributed by atoms with Gasteiger partial charge in [0.25, 0.3) is 5.89 Å². The highest BCUT2D eigenvalue weighted by molar-refractivity contribution is 7.11. The molecule has 1 aromatic carbocycles. The number of oxazole rings is 1. The quantitative estimate of drug-likeness (QED) is 0.493. The van der Waals surface area contributed by atoms with Crippen LogP contribution in [-0.4, -0.2) is 38.9 Å². The number of benzene rings is 1. The molecule has 0 aliphatic rings. The van der Waals surface area contributed by atoms with Crippen molar-refractivity contribution in [2.45, 2.75) is 6.42 Å². The number of carbonyl (C=O) groups is 2. The maximum atomic E-state index is 12.6. The van der Waals surface area contributed by atoms with E-state index < -0.39 is 11.8 Å². The van der Waals surface area contributed by atoms with Gasteiger partial charge in [0.05, 0.1) is 37.2 Å². The van der Waals surface area contributed by atoms with Crippen LogP contribution < -0.4 is 4.74 Å². The van der Waals surface area contributed by atoms with Crippen molar-refractivity contribution in [2.24, 2.45) is 0 Å². The molecule has 0 saturated heterocycles. The smallest absolute Gasteiger partial charge is 0.337 e. The number of thiophene rings is 1. The standard InChI is InChI=1S/C19H13N3O5S/c1-26-16-8-20-12(7-21-16)10-9-28-15(17(10)19(24)25)6-13(23)18-22-11-4-2-3-5-14(11)27-18/h2-5,7-9H,6H2,1H3,(H,24,25). The van der Waals surface area contributed by atoms with E-state index in [9.17, 15) is 14.7 Å². The molecule has 3 heterocycles. The van der Waals surface area contributed by atoms with E-state index >= 15 is 0 Å². The summed E-state index contributed by atoms with van der Waals surface area (Å²) >= 11 is 1.17. The number of carbonyl (C=O) groups excluding carboxylic acids is 1. The highest BCUT2D eigenvalue weighted by Gasteiger charge is 2.24. The van der Waals surface area contributed by atoms with Crippen LogP contribution in [0.1, 0.15) is 25.9 Å². The maximum absolute atomic E-state index is 12.6. The summed E-state index contributed by atoms with van der Waals surface area (Å²) < 4.78 is 10.4. The number of fused-ring (bicyclic) bond motifs is 1. The minimum absolute atomic E-state index is 0.0222. The van der Waals surface area contributed by atoms with Crippen molar-refractivity contribution in [1.82, 2.24) is 15.0 Å². The van der Waals surface area contributed by atoms with Crippen LogP contribution in [0.3, 0.4) is 0 Å². The topological polar surface area (TPSA) is 115 Å². The van der Waals surface area contributed by atoms with Crippen molar-refractivity contribution in [1.29, 1.82) is 0 Å². The number of carboxylic acid groups (broad SMARTS) is 1. The van der Waals surface area contributed by atoms with Gasteiger partial charge in [-0.3, -0.25) is 4.79 Å². The van der Waals surface area contributed by atoms with Crippen molar-refractivity contribution < 1.29 is 23.8 Å². The summed E-state index contributed by atoms with van der Waals surface area (Å²) in [4.78, 5) is 37.2. The van der Waals surface area contributed by atoms with E-state index in [2.05, 4.69) is 15.0 Å². The van der Waals surface area contributed by atoms with Gasteiger partial charge in [-0.25, -0.2) is 19.7 Å². The molecule has 0 unspecified atom stereocenters. The predicted molar refractivity (Wildman–Crippen MR) is 101 cm³/mol. The minimum atomic E-state index is -1.14. The van der Waals surface area contributed by atoms with E-state index in [-0.39, 0.29) is 17.9 Å². The first-order valence-corrected chi connectivity index (χ1v) is 9.03. The summed E-state index contributed by atoms with van der Waals surface area (Å²) in [7, 11) is 1.47. The number of ether oxygens (including phenoxy) is 1. The Morgan fingerprint density at radius 3 is 2.71 bits per heavy atom. The number of hydrogen-bond donors (Lipinski definition) is 1. The van der Waals surface area contributed by atoms with E-state index in [1.807, 2.05) is 0 Å². The first kappa shape index (κ1) is 17.8. The minimum Gasteiger partial charge on any atom is -0.480 e. The molecule has 0 radical (unpaired) electrons. The Morgan fingerprint density at radius 2 is 2.04 bits per heavy atom. The average Bonchev–Trinajstić information content (AvgIpc) is 3.32. The number of carboxylic acids is 1. The molecule has 0 amide bonds. The zero-order valence-corrected chi connectivity index (χ0v) is 15.4. The summed E-state index contributed by atoms with van der Waals surface area (Å²) in [6, 6.07) is 7.03. The van der Waals surface area contributed by atoms with Crippen LogP contribution in [0.25, 0.3) is 22.4 Å². The molecule has 4 aromatic rings. The monoisotopic (exact) mass is 395 g/mol. The van der Waals surface area contributed by atoms with Crippen LogP contribution in [0.2, 0.25) is 0 Å². The molecule has 28 heavy (non-hydrogen) atoms. The molecule has 1 N–H and O–H groups in total. The molecule has 0 aliphatic heterocycles. The molecule has 4 rings (SSSR count). The molecule has 8 nitrogen and oxygen atoms in total. The van der Waals surface area contributed by atoms with E-state index in [4.69, 9.17) is 9.15 Å². The van der Waals surface area contributed by atoms with Crippen molar-refractivity contribution in [3.8, 4) is 17.1 Å². The summed E-state index contributed by atoms with van der Waals surface area (Å²) in [6.07, 6.45) is 2.70. The van der Waals surface area contributed by atoms with Gasteiger partial charge in [-0.1, -0.05) is 12.1 Å². The van der Waals surface area contributed by atoms with Crippen LogP contribution in [0.4, 0.5) is 0 Å². The fraction of sp³-hybridized carbons (Fsp3) is 0.105. The second kappa shape index (κ2) is 7.20. The van der Waals surface area contributed by atoms with Crippen molar-refractivity contribution in [3.05, 3.63) is 58.4 Å². The van der Waals surface area contributed by atoms with Crippen LogP contribution in [-0.2, 0) is 6.42 Å². The van der Waals surface area contributed by atoms with Gasteiger partial charge in [-0.15, -0.1) is 11.3 Å². The number of nitrogens with zero attached hydrogens (tertiary/aromatic N) is 3. The number of rotatable bonds is 6. The first-order valence-electron chi connectivity index (χ1n) is 8.15. The lowest BCUT2D eigenvalue weighted by atomic mass is 10.1. The van der Waals surface area contributed by atoms with Crippen molar-refractivity contribution in [3.63, 3.8) is 0 Å². The predicted octanol–water partition coefficient (Wildman–Crippen LogP) is 3.48. The molecule has 0 aliphatic carbocycles. The number of methoxy groups -OCH3 is 1. The molecule has 0 spiro atoms. The summed E-state index contributed by atoms with van der Waals surface area (Å²) in [6.45, 7) is 0. The SMILES string of the molecule is COc1cnc(-c2csc(CC(=O)c3nc4ccccc4o3)c2C(=O)O)cn1. The second-order valence-electron chi connectivity index (χ2n) is 5.78. The summed E-state index contributed by atoms with van der Waals surface area (Å²) in [5.74, 6) is -1.26. The van der Waals surface area contributed by atoms with Gasteiger partial charge in [0.1, 0.15) is 5.52 Å². The van der Waals surface area contributed by atoms with Crippen LogP contribution in [0, 0.1) is 0 Å². The molecular formula is C19H13N3O5S. The van der Waals surface area contributed by atoms with E-state index in [0.29, 0.717) is 33.1 Å². The number of hydrogen-bond acceptors (Lipinski definition) is 8. The van der Waals surface area contributed by atoms with Gasteiger partial charge in [-0.2, -0.15) is 0 Å². The highest BCUT2D eigenvalue weighted by atomic mass is 32.1. The van der Waals surface area contributed by atoms with Crippen LogP contribution in [0.15, 0.2) is 46.5 Å². The lowest BCUT2D eigenvalue weighted by Gasteiger charge is -2.03. The zero-order valence-electron chi connectivity index (χ0n) is 14.6. The van der Waals surface area contributed by atoms with Crippen LogP contribution in [0.5, 0.6) is 5.88 Å². The van der Waals surface area contributed by atoms with Crippen LogP contribution >= 0.6 is 11.3 Å². The average molecular weight is 395 g/mol. The molecular weight excluding hydrogens is 382 g/mol. The normalized spacial score (nSPS) is 10.9. The Balaban J connectivity index is 1.66. The summed E-state index contributed by atoms with van der Waals surface area (Å²) in [5, 5.41) is 11.3. The Hall–Kier alpha value is -3.59. The number of aromatic carboxylic acids is 1. The Kier molecular flexibility index (Phi) is 4.58. The Labute approximate surface area is 162 Å². The van der Waals surface area contributed by atoms with Crippen molar-refractivity contribution >= 4 is 34.2 Å². The van der Waals surface area contributed by atoms with E-state index in [1.54, 1.807) is 29.6 Å². The van der Waals surface area contributed by atoms with Gasteiger partial charge >= 0.3 is 5.97 Å². The molecule has 0 fully saturated rings. The molecule has 3 aromatic heterocycles.